The van der Waals surface area contributed by atoms with Gasteiger partial charge in [0.1, 0.15) is 0 Å². The van der Waals surface area contributed by atoms with Gasteiger partial charge in [-0.25, -0.2) is 9.59 Å². The lowest BCUT2D eigenvalue weighted by atomic mass is 10.2. The van der Waals surface area contributed by atoms with Crippen LogP contribution in [0.4, 0.5) is 0 Å². The lowest BCUT2D eigenvalue weighted by Gasteiger charge is -2.00. The summed E-state index contributed by atoms with van der Waals surface area (Å²) in [7, 11) is 1.31. The second kappa shape index (κ2) is 15.4. The first kappa shape index (κ1) is 18.8. The standard InChI is InChI=1S/C10H18O2.C4H6O2/c1-3-5-6-7-9-12-10(11)8-4-2;1-3-4(5)6-2/h4,8H,3,5-7,9H2,1-2H3;3H,1H2,2H3. The second-order valence-electron chi connectivity index (χ2n) is 3.46. The molecule has 0 heterocycles. The fraction of sp³-hybridized carbons (Fsp3) is 0.571. The molecule has 0 aliphatic rings. The monoisotopic (exact) mass is 256 g/mol. The van der Waals surface area contributed by atoms with Crippen LogP contribution in [0.3, 0.4) is 0 Å². The number of carbonyl (C=O) groups is 2. The van der Waals surface area contributed by atoms with E-state index in [0.717, 1.165) is 18.9 Å². The number of unbranched alkanes of at least 4 members (excludes halogenated alkanes) is 3. The fourth-order valence-corrected chi connectivity index (χ4v) is 0.969. The molecule has 0 spiro atoms. The zero-order valence-corrected chi connectivity index (χ0v) is 11.6. The van der Waals surface area contributed by atoms with Crippen molar-refractivity contribution in [2.24, 2.45) is 0 Å². The molecule has 0 aliphatic heterocycles. The predicted molar refractivity (Wildman–Crippen MR) is 72.1 cm³/mol. The van der Waals surface area contributed by atoms with Gasteiger partial charge in [-0.3, -0.25) is 0 Å². The highest BCUT2D eigenvalue weighted by molar-refractivity contribution is 5.81. The van der Waals surface area contributed by atoms with E-state index in [1.807, 2.05) is 0 Å². The first-order chi connectivity index (χ1) is 8.62. The van der Waals surface area contributed by atoms with Crippen molar-refractivity contribution in [3.63, 3.8) is 0 Å². The molecule has 0 aromatic carbocycles. The number of allylic oxidation sites excluding steroid dienone is 1. The van der Waals surface area contributed by atoms with Crippen molar-refractivity contribution >= 4 is 11.9 Å². The Kier molecular flexibility index (Phi) is 16.1. The van der Waals surface area contributed by atoms with Crippen LogP contribution >= 0.6 is 0 Å². The number of methoxy groups -OCH3 is 1. The molecule has 0 N–H and O–H groups in total. The molecule has 0 aliphatic carbocycles. The second-order valence-corrected chi connectivity index (χ2v) is 3.46. The predicted octanol–water partition coefficient (Wildman–Crippen LogP) is 3.03. The maximum Gasteiger partial charge on any atom is 0.330 e. The third kappa shape index (κ3) is 16.8. The van der Waals surface area contributed by atoms with E-state index in [2.05, 4.69) is 18.2 Å². The number of hydrogen-bond donors (Lipinski definition) is 0. The van der Waals surface area contributed by atoms with E-state index in [1.165, 1.54) is 26.0 Å². The average Bonchev–Trinajstić information content (AvgIpc) is 2.38. The summed E-state index contributed by atoms with van der Waals surface area (Å²) in [5, 5.41) is 0. The van der Waals surface area contributed by atoms with Crippen LogP contribution in [0.1, 0.15) is 39.5 Å². The summed E-state index contributed by atoms with van der Waals surface area (Å²) >= 11 is 0. The minimum absolute atomic E-state index is 0.228. The van der Waals surface area contributed by atoms with E-state index in [-0.39, 0.29) is 5.97 Å². The Bertz CT molecular complexity index is 257. The van der Waals surface area contributed by atoms with Crippen molar-refractivity contribution in [2.45, 2.75) is 39.5 Å². The molecule has 0 fully saturated rings. The topological polar surface area (TPSA) is 52.6 Å². The Balaban J connectivity index is 0. The Labute approximate surface area is 110 Å². The molecule has 0 saturated carbocycles. The molecule has 0 rings (SSSR count). The van der Waals surface area contributed by atoms with Crippen LogP contribution in [-0.4, -0.2) is 25.7 Å². The number of carbonyl (C=O) groups excluding carboxylic acids is 2. The van der Waals surface area contributed by atoms with Gasteiger partial charge in [0.05, 0.1) is 13.7 Å². The van der Waals surface area contributed by atoms with Crippen LogP contribution in [0, 0.1) is 0 Å². The highest BCUT2D eigenvalue weighted by Gasteiger charge is 1.94. The lowest BCUT2D eigenvalue weighted by molar-refractivity contribution is -0.138. The Morgan fingerprint density at radius 1 is 1.17 bits per heavy atom. The van der Waals surface area contributed by atoms with Gasteiger partial charge >= 0.3 is 11.9 Å². The maximum absolute atomic E-state index is 10.8. The maximum atomic E-state index is 10.8. The van der Waals surface area contributed by atoms with Crippen molar-refractivity contribution in [1.29, 1.82) is 0 Å². The minimum atomic E-state index is -0.394. The van der Waals surface area contributed by atoms with Crippen LogP contribution in [0.5, 0.6) is 0 Å². The van der Waals surface area contributed by atoms with E-state index in [0.29, 0.717) is 6.61 Å². The number of ether oxygens (including phenoxy) is 2. The molecular formula is C14H24O4. The van der Waals surface area contributed by atoms with Crippen molar-refractivity contribution in [3.8, 4) is 0 Å². The van der Waals surface area contributed by atoms with Crippen molar-refractivity contribution in [2.75, 3.05) is 13.7 Å². The van der Waals surface area contributed by atoms with Gasteiger partial charge in [-0.15, -0.1) is 0 Å². The van der Waals surface area contributed by atoms with E-state index in [9.17, 15) is 9.59 Å². The Morgan fingerprint density at radius 2 is 1.83 bits per heavy atom. The molecule has 0 amide bonds. The van der Waals surface area contributed by atoms with Crippen LogP contribution in [-0.2, 0) is 19.1 Å². The molecule has 4 nitrogen and oxygen atoms in total. The van der Waals surface area contributed by atoms with E-state index >= 15 is 0 Å². The van der Waals surface area contributed by atoms with Crippen molar-refractivity contribution in [1.82, 2.24) is 0 Å². The van der Waals surface area contributed by atoms with Gasteiger partial charge in [0.25, 0.3) is 0 Å². The summed E-state index contributed by atoms with van der Waals surface area (Å²) in [6.45, 7) is 7.68. The SMILES string of the molecule is C=CC(=O)OC.CC=CC(=O)OCCCCCC. The van der Waals surface area contributed by atoms with Gasteiger partial charge in [0, 0.05) is 12.2 Å². The third-order valence-corrected chi connectivity index (χ3v) is 1.91. The first-order valence-corrected chi connectivity index (χ1v) is 6.12. The Morgan fingerprint density at radius 3 is 2.22 bits per heavy atom. The quantitative estimate of drug-likeness (QED) is 0.399. The van der Waals surface area contributed by atoms with Crippen LogP contribution in [0.15, 0.2) is 24.8 Å². The van der Waals surface area contributed by atoms with E-state index in [4.69, 9.17) is 4.74 Å². The summed E-state index contributed by atoms with van der Waals surface area (Å²) in [4.78, 5) is 20.6. The average molecular weight is 256 g/mol. The third-order valence-electron chi connectivity index (χ3n) is 1.91. The van der Waals surface area contributed by atoms with Crippen molar-refractivity contribution < 1.29 is 19.1 Å². The fourth-order valence-electron chi connectivity index (χ4n) is 0.969. The summed E-state index contributed by atoms with van der Waals surface area (Å²) in [5.74, 6) is -0.621. The molecule has 0 saturated heterocycles. The van der Waals surface area contributed by atoms with Gasteiger partial charge in [-0.2, -0.15) is 0 Å². The first-order valence-electron chi connectivity index (χ1n) is 6.12. The van der Waals surface area contributed by atoms with Crippen LogP contribution in [0.25, 0.3) is 0 Å². The normalized spacial score (nSPS) is 9.28. The molecular weight excluding hydrogens is 232 g/mol. The van der Waals surface area contributed by atoms with Crippen LogP contribution < -0.4 is 0 Å². The molecule has 104 valence electrons. The van der Waals surface area contributed by atoms with Gasteiger partial charge in [-0.1, -0.05) is 38.8 Å². The van der Waals surface area contributed by atoms with E-state index in [1.54, 1.807) is 13.0 Å². The summed E-state index contributed by atoms with van der Waals surface area (Å²) in [6, 6.07) is 0. The van der Waals surface area contributed by atoms with Crippen molar-refractivity contribution in [3.05, 3.63) is 24.8 Å². The smallest absolute Gasteiger partial charge is 0.330 e. The molecule has 0 aromatic rings. The number of hydrogen-bond acceptors (Lipinski definition) is 4. The summed E-state index contributed by atoms with van der Waals surface area (Å²) in [6.07, 6.45) is 8.81. The summed E-state index contributed by atoms with van der Waals surface area (Å²) < 4.78 is 9.05. The molecule has 0 radical (unpaired) electrons. The highest BCUT2D eigenvalue weighted by Crippen LogP contribution is 1.98. The van der Waals surface area contributed by atoms with E-state index < -0.39 is 5.97 Å². The van der Waals surface area contributed by atoms with Gasteiger partial charge in [0.15, 0.2) is 0 Å². The molecule has 0 aromatic heterocycles. The number of esters is 2. The van der Waals surface area contributed by atoms with Gasteiger partial charge in [0.2, 0.25) is 0 Å². The van der Waals surface area contributed by atoms with Crippen LogP contribution in [0.2, 0.25) is 0 Å². The van der Waals surface area contributed by atoms with Gasteiger partial charge < -0.3 is 9.47 Å². The molecule has 0 atom stereocenters. The Hall–Kier alpha value is -1.58. The summed E-state index contributed by atoms with van der Waals surface area (Å²) in [5.41, 5.74) is 0. The largest absolute Gasteiger partial charge is 0.466 e. The highest BCUT2D eigenvalue weighted by atomic mass is 16.5. The zero-order chi connectivity index (χ0) is 14.2. The molecule has 18 heavy (non-hydrogen) atoms. The lowest BCUT2D eigenvalue weighted by Crippen LogP contribution is -2.01. The molecule has 0 unspecified atom stereocenters. The molecule has 4 heteroatoms. The molecule has 0 bridgehead atoms. The zero-order valence-electron chi connectivity index (χ0n) is 11.6. The van der Waals surface area contributed by atoms with Gasteiger partial charge in [-0.05, 0) is 13.3 Å². The minimum Gasteiger partial charge on any atom is -0.466 e. The number of rotatable bonds is 7.